The molecule has 0 aromatic carbocycles. The van der Waals surface area contributed by atoms with Crippen molar-refractivity contribution in [3.63, 3.8) is 0 Å². The Balaban J connectivity index is 3.35. The molecular formula is C24H47NOSiSn+2. The summed E-state index contributed by atoms with van der Waals surface area (Å²) in [6.45, 7) is 17.0. The minimum atomic E-state index is -2.48. The van der Waals surface area contributed by atoms with Crippen LogP contribution in [0.25, 0.3) is 0 Å². The van der Waals surface area contributed by atoms with Gasteiger partial charge in [-0.3, -0.25) is 0 Å². The van der Waals surface area contributed by atoms with E-state index < -0.39 is 27.2 Å². The Hall–Kier alpha value is 0.126. The zero-order valence-corrected chi connectivity index (χ0v) is 23.7. The van der Waals surface area contributed by atoms with E-state index in [9.17, 15) is 0 Å². The molecule has 0 amide bonds. The molecule has 0 fully saturated rings. The second-order valence-corrected chi connectivity index (χ2v) is 26.2. The molecule has 0 aliphatic heterocycles. The first-order valence-electron chi connectivity index (χ1n) is 11.7. The van der Waals surface area contributed by atoms with Crippen molar-refractivity contribution in [1.29, 1.82) is 0 Å². The fraction of sp³-hybridized carbons (Fsp3) is 0.792. The monoisotopic (exact) mass is 513 g/mol. The molecule has 1 aromatic rings. The maximum absolute atomic E-state index is 8.03. The topological polar surface area (TPSA) is 35.8 Å². The normalized spacial score (nSPS) is 12.4. The van der Waals surface area contributed by atoms with E-state index in [1.54, 1.807) is 3.71 Å². The van der Waals surface area contributed by atoms with Crippen LogP contribution >= 0.6 is 0 Å². The van der Waals surface area contributed by atoms with Crippen molar-refractivity contribution in [1.82, 2.24) is 4.98 Å². The first kappa shape index (κ1) is 26.2. The molecule has 0 atom stereocenters. The first-order chi connectivity index (χ1) is 13.2. The number of unbranched alkanes of at least 4 members (excludes halogenated alkanes) is 3. The van der Waals surface area contributed by atoms with Gasteiger partial charge in [-0.25, -0.2) is 0 Å². The van der Waals surface area contributed by atoms with E-state index in [-0.39, 0.29) is 0 Å². The molecule has 0 saturated carbocycles. The van der Waals surface area contributed by atoms with Gasteiger partial charge in [0.05, 0.1) is 0 Å². The molecule has 0 aliphatic carbocycles. The third-order valence-electron chi connectivity index (χ3n) is 6.54. The van der Waals surface area contributed by atoms with Gasteiger partial charge in [-0.15, -0.1) is 0 Å². The third kappa shape index (κ3) is 7.75. The van der Waals surface area contributed by atoms with Crippen molar-refractivity contribution >= 4 is 30.9 Å². The molecule has 1 rings (SSSR count). The maximum atomic E-state index is 8.03. The SMILES string of the molecule is CCC[CH2][Sn]([CH2]CCC)([CH2]CCC)[c]1ccc(C[OH2+])c(C[Si+](C)C(C)(C)C)n1. The van der Waals surface area contributed by atoms with Crippen LogP contribution in [0, 0.1) is 0 Å². The van der Waals surface area contributed by atoms with Crippen LogP contribution in [0.4, 0.5) is 0 Å². The van der Waals surface area contributed by atoms with Crippen molar-refractivity contribution in [2.24, 2.45) is 0 Å². The standard InChI is InChI=1S/C12H19NOSi.3C4H9.Sn/c1-12(2,3)15(4)9-11-10(8-14)6-5-7-13-11;3*1-3-4-2;/h5-6,14H,8-9H2,1-4H3;3*1,3-4H2,2H3;/q+1;;;;/p+1. The van der Waals surface area contributed by atoms with Gasteiger partial charge in [0.25, 0.3) is 0 Å². The molecule has 1 heterocycles. The molecule has 2 nitrogen and oxygen atoms in total. The number of nitrogens with zero attached hydrogens (tertiary/aromatic N) is 1. The Morgan fingerprint density at radius 1 is 0.929 bits per heavy atom. The van der Waals surface area contributed by atoms with Gasteiger partial charge in [-0.05, 0) is 0 Å². The molecule has 0 aliphatic rings. The second-order valence-electron chi connectivity index (χ2n) is 9.78. The van der Waals surface area contributed by atoms with E-state index in [1.165, 1.54) is 63.1 Å². The van der Waals surface area contributed by atoms with E-state index in [1.807, 2.05) is 0 Å². The summed E-state index contributed by atoms with van der Waals surface area (Å²) in [7, 11) is -0.523. The molecule has 4 heteroatoms. The van der Waals surface area contributed by atoms with E-state index in [4.69, 9.17) is 10.1 Å². The van der Waals surface area contributed by atoms with Crippen LogP contribution in [-0.2, 0) is 12.7 Å². The third-order valence-corrected chi connectivity index (χ3v) is 25.1. The van der Waals surface area contributed by atoms with Gasteiger partial charge in [0.1, 0.15) is 0 Å². The van der Waals surface area contributed by atoms with Crippen LogP contribution in [0.2, 0.25) is 24.9 Å². The minimum absolute atomic E-state index is 0.378. The fourth-order valence-electron chi connectivity index (χ4n) is 3.96. The fourth-order valence-corrected chi connectivity index (χ4v) is 20.8. The quantitative estimate of drug-likeness (QED) is 0.224. The average molecular weight is 512 g/mol. The summed E-state index contributed by atoms with van der Waals surface area (Å²) in [5.74, 6) is 0. The first-order valence-corrected chi connectivity index (χ1v) is 21.4. The molecule has 1 aromatic heterocycles. The molecule has 0 radical (unpaired) electrons. The summed E-state index contributed by atoms with van der Waals surface area (Å²) in [6, 6.07) is 5.79. The molecule has 160 valence electrons. The predicted octanol–water partition coefficient (Wildman–Crippen LogP) is 6.37. The van der Waals surface area contributed by atoms with Crippen molar-refractivity contribution in [3.05, 3.63) is 23.4 Å². The molecule has 0 spiro atoms. The van der Waals surface area contributed by atoms with Gasteiger partial charge in [-0.2, -0.15) is 0 Å². The molecule has 0 unspecified atom stereocenters. The number of rotatable bonds is 13. The van der Waals surface area contributed by atoms with E-state index in [0.29, 0.717) is 11.6 Å². The number of aromatic nitrogens is 1. The predicted molar refractivity (Wildman–Crippen MR) is 131 cm³/mol. The van der Waals surface area contributed by atoms with Crippen LogP contribution in [0.1, 0.15) is 91.3 Å². The Labute approximate surface area is 181 Å². The molecular weight excluding hydrogens is 465 g/mol. The summed E-state index contributed by atoms with van der Waals surface area (Å²) in [5, 5.41) is 8.42. The summed E-state index contributed by atoms with van der Waals surface area (Å²) in [6.07, 6.45) is 8.06. The van der Waals surface area contributed by atoms with Crippen LogP contribution in [-0.4, -0.2) is 37.3 Å². The Kier molecular flexibility index (Phi) is 11.9. The summed E-state index contributed by atoms with van der Waals surface area (Å²) in [4.78, 5) is 5.43. The van der Waals surface area contributed by atoms with Crippen molar-refractivity contribution in [2.45, 2.75) is 118 Å². The summed E-state index contributed by atoms with van der Waals surface area (Å²) >= 11 is -2.48. The number of pyridine rings is 1. The van der Waals surface area contributed by atoms with Crippen LogP contribution < -0.4 is 3.71 Å². The molecule has 28 heavy (non-hydrogen) atoms. The van der Waals surface area contributed by atoms with Crippen molar-refractivity contribution in [3.8, 4) is 0 Å². The summed E-state index contributed by atoms with van der Waals surface area (Å²) in [5.41, 5.74) is 2.46. The van der Waals surface area contributed by atoms with Gasteiger partial charge in [0.15, 0.2) is 0 Å². The van der Waals surface area contributed by atoms with E-state index in [0.717, 1.165) is 6.04 Å². The summed E-state index contributed by atoms with van der Waals surface area (Å²) < 4.78 is 5.96. The Morgan fingerprint density at radius 3 is 1.82 bits per heavy atom. The number of hydrogen-bond acceptors (Lipinski definition) is 1. The van der Waals surface area contributed by atoms with Gasteiger partial charge in [0, 0.05) is 0 Å². The van der Waals surface area contributed by atoms with Crippen LogP contribution in [0.3, 0.4) is 0 Å². The Morgan fingerprint density at radius 2 is 1.43 bits per heavy atom. The molecule has 0 saturated heterocycles. The van der Waals surface area contributed by atoms with Gasteiger partial charge < -0.3 is 0 Å². The van der Waals surface area contributed by atoms with Crippen molar-refractivity contribution in [2.75, 3.05) is 0 Å². The second kappa shape index (κ2) is 12.7. The van der Waals surface area contributed by atoms with Gasteiger partial charge >= 0.3 is 182 Å². The Bertz CT molecular complexity index is 548. The zero-order valence-electron chi connectivity index (χ0n) is 19.9. The average Bonchev–Trinajstić information content (AvgIpc) is 2.67. The van der Waals surface area contributed by atoms with Crippen molar-refractivity contribution < 1.29 is 5.11 Å². The van der Waals surface area contributed by atoms with Gasteiger partial charge in [0.2, 0.25) is 0 Å². The zero-order chi connectivity index (χ0) is 21.2. The molecule has 0 bridgehead atoms. The van der Waals surface area contributed by atoms with E-state index in [2.05, 4.69) is 60.2 Å². The van der Waals surface area contributed by atoms with E-state index >= 15 is 0 Å². The van der Waals surface area contributed by atoms with Gasteiger partial charge in [-0.1, -0.05) is 0 Å². The van der Waals surface area contributed by atoms with Crippen LogP contribution in [0.15, 0.2) is 12.1 Å². The molecule has 2 N–H and O–H groups in total. The van der Waals surface area contributed by atoms with Crippen LogP contribution in [0.5, 0.6) is 0 Å². The number of hydrogen-bond donors (Lipinski definition) is 0.